The summed E-state index contributed by atoms with van der Waals surface area (Å²) in [6.07, 6.45) is 5.22. The molecule has 0 saturated carbocycles. The van der Waals surface area contributed by atoms with Gasteiger partial charge in [-0.05, 0) is 36.4 Å². The molecule has 5 rings (SSSR count). The van der Waals surface area contributed by atoms with Gasteiger partial charge in [0.15, 0.2) is 12.0 Å². The van der Waals surface area contributed by atoms with Crippen molar-refractivity contribution in [2.75, 3.05) is 35.8 Å². The molecule has 1 N–H and O–H groups in total. The van der Waals surface area contributed by atoms with Crippen molar-refractivity contribution in [3.8, 4) is 0 Å². The average molecular weight is 512 g/mol. The van der Waals surface area contributed by atoms with E-state index in [-0.39, 0.29) is 23.9 Å². The van der Waals surface area contributed by atoms with Crippen LogP contribution in [0.4, 0.5) is 21.6 Å². The second-order valence-corrected chi connectivity index (χ2v) is 10.4. The van der Waals surface area contributed by atoms with Gasteiger partial charge in [0.25, 0.3) is 15.9 Å². The van der Waals surface area contributed by atoms with Gasteiger partial charge in [-0.2, -0.15) is 8.97 Å². The molecule has 3 heterocycles. The number of anilines is 2. The average Bonchev–Trinajstić information content (AvgIpc) is 3.34. The normalized spacial score (nSPS) is 16.3. The molecule has 1 saturated heterocycles. The Bertz CT molecular complexity index is 1410. The van der Waals surface area contributed by atoms with E-state index in [1.165, 1.54) is 24.7 Å². The first-order valence-corrected chi connectivity index (χ1v) is 13.1. The third-order valence-corrected chi connectivity index (χ3v) is 7.91. The SMILES string of the molecule is C[C@H](C(=O)N1CCN(c2ccc(S(=O)(=O)Nc3ccncn3)cc2)CC1)[N+]1=CCc2cccc(F)c21.[HH]. The fourth-order valence-electron chi connectivity index (χ4n) is 4.61. The number of nitrogens with zero attached hydrogens (tertiary/aromatic N) is 5. The molecule has 2 aliphatic heterocycles. The summed E-state index contributed by atoms with van der Waals surface area (Å²) in [5.41, 5.74) is 2.25. The number of para-hydroxylation sites is 1. The number of amides is 1. The molecule has 1 fully saturated rings. The zero-order chi connectivity index (χ0) is 25.3. The van der Waals surface area contributed by atoms with Crippen LogP contribution in [0, 0.1) is 5.82 Å². The van der Waals surface area contributed by atoms with E-state index in [0.717, 1.165) is 11.3 Å². The first kappa shape index (κ1) is 23.9. The highest BCUT2D eigenvalue weighted by Crippen LogP contribution is 2.29. The minimum absolute atomic E-state index is 0. The van der Waals surface area contributed by atoms with Crippen LogP contribution >= 0.6 is 0 Å². The summed E-state index contributed by atoms with van der Waals surface area (Å²) in [6, 6.07) is 12.6. The highest BCUT2D eigenvalue weighted by Gasteiger charge is 2.37. The Morgan fingerprint density at radius 3 is 2.56 bits per heavy atom. The van der Waals surface area contributed by atoms with Gasteiger partial charge in [0.05, 0.1) is 11.3 Å². The topological polar surface area (TPSA) is 98.5 Å². The number of halogens is 1. The molecule has 0 aliphatic carbocycles. The molecule has 2 aliphatic rings. The Labute approximate surface area is 210 Å². The number of benzene rings is 2. The standard InChI is InChI=1S/C25H26FN6O3S.H2/c1-18(32-12-10-19-3-2-4-22(26)24(19)32)25(33)31-15-13-30(14-16-31)20-5-7-21(8-6-20)36(34,35)29-23-9-11-27-17-28-23;/h2-9,11-12,17-18H,10,13-16H2,1H3,(H,27,28,29);1H/q+1;/t18-;/m1./s1. The number of fused-ring (bicyclic) bond motifs is 1. The number of hydrogen-bond acceptors (Lipinski definition) is 6. The van der Waals surface area contributed by atoms with Crippen molar-refractivity contribution < 1.29 is 23.6 Å². The lowest BCUT2D eigenvalue weighted by atomic mass is 10.1. The second kappa shape index (κ2) is 9.65. The summed E-state index contributed by atoms with van der Waals surface area (Å²) in [4.78, 5) is 24.9. The molecular formula is C25H28FN6O3S+. The molecule has 11 heteroatoms. The molecule has 9 nitrogen and oxygen atoms in total. The number of sulfonamides is 1. The van der Waals surface area contributed by atoms with Crippen LogP contribution in [0.3, 0.4) is 0 Å². The molecular weight excluding hydrogens is 483 g/mol. The lowest BCUT2D eigenvalue weighted by Crippen LogP contribution is -2.52. The van der Waals surface area contributed by atoms with Crippen molar-refractivity contribution in [1.82, 2.24) is 14.9 Å². The summed E-state index contributed by atoms with van der Waals surface area (Å²) >= 11 is 0. The molecule has 0 unspecified atom stereocenters. The minimum atomic E-state index is -3.77. The first-order chi connectivity index (χ1) is 17.3. The zero-order valence-electron chi connectivity index (χ0n) is 19.7. The maximum atomic E-state index is 14.4. The lowest BCUT2D eigenvalue weighted by Gasteiger charge is -2.36. The fourth-order valence-corrected chi connectivity index (χ4v) is 5.61. The number of aromatic nitrogens is 2. The van der Waals surface area contributed by atoms with E-state index in [1.807, 2.05) is 12.3 Å². The second-order valence-electron chi connectivity index (χ2n) is 8.72. The van der Waals surface area contributed by atoms with Gasteiger partial charge in [-0.3, -0.25) is 9.52 Å². The van der Waals surface area contributed by atoms with Crippen LogP contribution in [-0.2, 0) is 21.2 Å². The summed E-state index contributed by atoms with van der Waals surface area (Å²) in [6.45, 7) is 4.07. The van der Waals surface area contributed by atoms with E-state index in [9.17, 15) is 17.6 Å². The van der Waals surface area contributed by atoms with Gasteiger partial charge in [0.1, 0.15) is 12.1 Å². The summed E-state index contributed by atoms with van der Waals surface area (Å²) in [5.74, 6) is -0.162. The summed E-state index contributed by atoms with van der Waals surface area (Å²) < 4.78 is 43.8. The van der Waals surface area contributed by atoms with Gasteiger partial charge in [0.2, 0.25) is 11.7 Å². The van der Waals surface area contributed by atoms with Gasteiger partial charge >= 0.3 is 0 Å². The Morgan fingerprint density at radius 1 is 1.11 bits per heavy atom. The number of piperazine rings is 1. The molecule has 1 amide bonds. The Balaban J connectivity index is 0.00000320. The van der Waals surface area contributed by atoms with E-state index < -0.39 is 16.1 Å². The van der Waals surface area contributed by atoms with Crippen LogP contribution in [0.25, 0.3) is 0 Å². The van der Waals surface area contributed by atoms with Crippen LogP contribution < -0.4 is 9.62 Å². The van der Waals surface area contributed by atoms with Crippen molar-refractivity contribution in [2.24, 2.45) is 0 Å². The highest BCUT2D eigenvalue weighted by molar-refractivity contribution is 7.92. The number of carbonyl (C=O) groups excluding carboxylic acids is 1. The third kappa shape index (κ3) is 4.66. The Kier molecular flexibility index (Phi) is 6.40. The van der Waals surface area contributed by atoms with E-state index in [2.05, 4.69) is 19.6 Å². The quantitative estimate of drug-likeness (QED) is 0.511. The molecule has 36 heavy (non-hydrogen) atoms. The molecule has 3 aromatic rings. The smallest absolute Gasteiger partial charge is 0.291 e. The maximum absolute atomic E-state index is 14.4. The van der Waals surface area contributed by atoms with Crippen molar-refractivity contribution in [1.29, 1.82) is 0 Å². The van der Waals surface area contributed by atoms with Gasteiger partial charge in [-0.15, -0.1) is 0 Å². The van der Waals surface area contributed by atoms with Gasteiger partial charge < -0.3 is 9.80 Å². The minimum Gasteiger partial charge on any atom is -0.368 e. The Morgan fingerprint density at radius 2 is 1.86 bits per heavy atom. The van der Waals surface area contributed by atoms with Crippen LogP contribution in [0.2, 0.25) is 0 Å². The summed E-state index contributed by atoms with van der Waals surface area (Å²) in [7, 11) is -3.77. The monoisotopic (exact) mass is 511 g/mol. The van der Waals surface area contributed by atoms with E-state index in [0.29, 0.717) is 38.3 Å². The predicted molar refractivity (Wildman–Crippen MR) is 136 cm³/mol. The number of hydrogen-bond donors (Lipinski definition) is 1. The van der Waals surface area contributed by atoms with Gasteiger partial charge in [-0.1, -0.05) is 12.1 Å². The molecule has 1 aromatic heterocycles. The Hall–Kier alpha value is -3.86. The third-order valence-electron chi connectivity index (χ3n) is 6.54. The maximum Gasteiger partial charge on any atom is 0.291 e. The number of nitrogens with one attached hydrogen (secondary N) is 1. The zero-order valence-corrected chi connectivity index (χ0v) is 20.5. The molecule has 0 bridgehead atoms. The van der Waals surface area contributed by atoms with Crippen LogP contribution in [-0.4, -0.2) is 72.2 Å². The summed E-state index contributed by atoms with van der Waals surface area (Å²) in [5, 5.41) is 0. The van der Waals surface area contributed by atoms with E-state index >= 15 is 0 Å². The molecule has 0 spiro atoms. The van der Waals surface area contributed by atoms with Crippen molar-refractivity contribution in [2.45, 2.75) is 24.3 Å². The van der Waals surface area contributed by atoms with Crippen molar-refractivity contribution in [3.05, 3.63) is 72.4 Å². The molecule has 188 valence electrons. The van der Waals surface area contributed by atoms with E-state index in [1.54, 1.807) is 46.7 Å². The largest absolute Gasteiger partial charge is 0.368 e. The number of rotatable bonds is 6. The van der Waals surface area contributed by atoms with Crippen LogP contribution in [0.5, 0.6) is 0 Å². The number of carbonyl (C=O) groups is 1. The molecule has 1 atom stereocenters. The van der Waals surface area contributed by atoms with Crippen LogP contribution in [0.1, 0.15) is 13.9 Å². The molecule has 2 aromatic carbocycles. The van der Waals surface area contributed by atoms with Gasteiger partial charge in [-0.25, -0.2) is 18.4 Å². The van der Waals surface area contributed by atoms with E-state index in [4.69, 9.17) is 0 Å². The predicted octanol–water partition coefficient (Wildman–Crippen LogP) is 2.67. The lowest BCUT2D eigenvalue weighted by molar-refractivity contribution is -0.462. The van der Waals surface area contributed by atoms with Crippen LogP contribution in [0.15, 0.2) is 66.0 Å². The van der Waals surface area contributed by atoms with Crippen molar-refractivity contribution in [3.63, 3.8) is 0 Å². The fraction of sp³-hybridized carbons (Fsp3) is 0.280. The highest BCUT2D eigenvalue weighted by atomic mass is 32.2. The molecule has 0 radical (unpaired) electrons. The van der Waals surface area contributed by atoms with Crippen molar-refractivity contribution >= 4 is 39.3 Å². The van der Waals surface area contributed by atoms with Gasteiger partial charge in [0, 0.05) is 52.0 Å². The first-order valence-electron chi connectivity index (χ1n) is 11.7.